The zero-order valence-electron chi connectivity index (χ0n) is 12.4. The number of nitrogens with one attached hydrogen (secondary N) is 1. The standard InChI is InChI=1S/C17H20N2OS/c1-12(10-13-6-5-9-21-13)19(2)17(20)15-11-18-16-8-4-3-7-14(15)16/h3-9,12,15,18H,10-11H2,1-2H3. The molecule has 4 heteroatoms. The highest BCUT2D eigenvalue weighted by molar-refractivity contribution is 7.09. The molecule has 2 atom stereocenters. The fourth-order valence-electron chi connectivity index (χ4n) is 2.82. The predicted molar refractivity (Wildman–Crippen MR) is 87.9 cm³/mol. The number of carbonyl (C=O) groups is 1. The molecule has 0 bridgehead atoms. The first-order chi connectivity index (χ1) is 10.2. The molecule has 0 aliphatic carbocycles. The maximum atomic E-state index is 12.8. The summed E-state index contributed by atoms with van der Waals surface area (Å²) in [6.07, 6.45) is 0.918. The summed E-state index contributed by atoms with van der Waals surface area (Å²) >= 11 is 1.75. The number of benzene rings is 1. The largest absolute Gasteiger partial charge is 0.384 e. The zero-order valence-corrected chi connectivity index (χ0v) is 13.2. The van der Waals surface area contributed by atoms with Gasteiger partial charge in [0.1, 0.15) is 0 Å². The Morgan fingerprint density at radius 1 is 1.38 bits per heavy atom. The monoisotopic (exact) mass is 300 g/mol. The van der Waals surface area contributed by atoms with Crippen LogP contribution in [0.2, 0.25) is 0 Å². The average molecular weight is 300 g/mol. The third kappa shape index (κ3) is 2.81. The van der Waals surface area contributed by atoms with E-state index in [-0.39, 0.29) is 17.9 Å². The molecule has 0 fully saturated rings. The van der Waals surface area contributed by atoms with Gasteiger partial charge in [-0.3, -0.25) is 4.79 Å². The van der Waals surface area contributed by atoms with E-state index in [0.29, 0.717) is 6.54 Å². The number of para-hydroxylation sites is 1. The summed E-state index contributed by atoms with van der Waals surface area (Å²) < 4.78 is 0. The summed E-state index contributed by atoms with van der Waals surface area (Å²) in [6, 6.07) is 12.5. The van der Waals surface area contributed by atoms with Crippen LogP contribution in [0.25, 0.3) is 0 Å². The first-order valence-electron chi connectivity index (χ1n) is 7.28. The van der Waals surface area contributed by atoms with Crippen LogP contribution < -0.4 is 5.32 Å². The molecule has 2 heterocycles. The van der Waals surface area contributed by atoms with Crippen LogP contribution in [0, 0.1) is 0 Å². The van der Waals surface area contributed by atoms with E-state index in [1.54, 1.807) is 11.3 Å². The number of anilines is 1. The Hall–Kier alpha value is -1.81. The Labute approximate surface area is 129 Å². The predicted octanol–water partition coefficient (Wildman–Crippen LogP) is 3.35. The minimum Gasteiger partial charge on any atom is -0.384 e. The summed E-state index contributed by atoms with van der Waals surface area (Å²) in [6.45, 7) is 2.82. The van der Waals surface area contributed by atoms with Gasteiger partial charge in [-0.05, 0) is 30.0 Å². The number of thiophene rings is 1. The maximum Gasteiger partial charge on any atom is 0.231 e. The molecule has 1 aliphatic rings. The lowest BCUT2D eigenvalue weighted by Gasteiger charge is -2.27. The van der Waals surface area contributed by atoms with E-state index in [0.717, 1.165) is 17.7 Å². The number of amides is 1. The van der Waals surface area contributed by atoms with Crippen molar-refractivity contribution in [2.45, 2.75) is 25.3 Å². The molecule has 3 rings (SSSR count). The quantitative estimate of drug-likeness (QED) is 0.939. The number of likely N-dealkylation sites (N-methyl/N-ethyl adjacent to an activating group) is 1. The van der Waals surface area contributed by atoms with E-state index in [2.05, 4.69) is 35.8 Å². The topological polar surface area (TPSA) is 32.3 Å². The second-order valence-corrected chi connectivity index (χ2v) is 6.63. The van der Waals surface area contributed by atoms with Gasteiger partial charge in [0.15, 0.2) is 0 Å². The van der Waals surface area contributed by atoms with Crippen molar-refractivity contribution in [3.05, 3.63) is 52.2 Å². The Morgan fingerprint density at radius 2 is 2.19 bits per heavy atom. The molecule has 2 aromatic rings. The first-order valence-corrected chi connectivity index (χ1v) is 8.16. The second kappa shape index (κ2) is 5.90. The lowest BCUT2D eigenvalue weighted by Crippen LogP contribution is -2.39. The van der Waals surface area contributed by atoms with Gasteiger partial charge in [0.2, 0.25) is 5.91 Å². The van der Waals surface area contributed by atoms with Gasteiger partial charge in [-0.2, -0.15) is 0 Å². The summed E-state index contributed by atoms with van der Waals surface area (Å²) in [4.78, 5) is 16.0. The highest BCUT2D eigenvalue weighted by Gasteiger charge is 2.31. The van der Waals surface area contributed by atoms with Crippen LogP contribution in [0.15, 0.2) is 41.8 Å². The van der Waals surface area contributed by atoms with Crippen molar-refractivity contribution < 1.29 is 4.79 Å². The second-order valence-electron chi connectivity index (χ2n) is 5.60. The van der Waals surface area contributed by atoms with Gasteiger partial charge in [0.05, 0.1) is 5.92 Å². The van der Waals surface area contributed by atoms with Crippen LogP contribution in [-0.4, -0.2) is 30.4 Å². The van der Waals surface area contributed by atoms with Crippen molar-refractivity contribution in [3.63, 3.8) is 0 Å². The average Bonchev–Trinajstić information content (AvgIpc) is 3.14. The van der Waals surface area contributed by atoms with Gasteiger partial charge >= 0.3 is 0 Å². The molecule has 3 nitrogen and oxygen atoms in total. The van der Waals surface area contributed by atoms with Gasteiger partial charge in [-0.15, -0.1) is 11.3 Å². The van der Waals surface area contributed by atoms with Gasteiger partial charge in [0.25, 0.3) is 0 Å². The first kappa shape index (κ1) is 14.1. The Morgan fingerprint density at radius 3 is 2.95 bits per heavy atom. The van der Waals surface area contributed by atoms with Crippen molar-refractivity contribution in [1.82, 2.24) is 4.90 Å². The van der Waals surface area contributed by atoms with Crippen molar-refractivity contribution in [3.8, 4) is 0 Å². The van der Waals surface area contributed by atoms with E-state index in [1.807, 2.05) is 30.1 Å². The smallest absolute Gasteiger partial charge is 0.231 e. The molecule has 0 saturated heterocycles. The van der Waals surface area contributed by atoms with Crippen molar-refractivity contribution in [2.75, 3.05) is 18.9 Å². The van der Waals surface area contributed by atoms with E-state index < -0.39 is 0 Å². The molecule has 1 aliphatic heterocycles. The van der Waals surface area contributed by atoms with Crippen LogP contribution in [0.5, 0.6) is 0 Å². The highest BCUT2D eigenvalue weighted by atomic mass is 32.1. The van der Waals surface area contributed by atoms with Crippen molar-refractivity contribution in [2.24, 2.45) is 0 Å². The number of hydrogen-bond donors (Lipinski definition) is 1. The normalized spacial score (nSPS) is 17.9. The fourth-order valence-corrected chi connectivity index (χ4v) is 3.65. The molecule has 110 valence electrons. The van der Waals surface area contributed by atoms with Gasteiger partial charge < -0.3 is 10.2 Å². The molecule has 1 aromatic heterocycles. The zero-order chi connectivity index (χ0) is 14.8. The molecule has 0 saturated carbocycles. The minimum atomic E-state index is -0.0583. The highest BCUT2D eigenvalue weighted by Crippen LogP contribution is 2.32. The van der Waals surface area contributed by atoms with Crippen molar-refractivity contribution >= 4 is 22.9 Å². The summed E-state index contributed by atoms with van der Waals surface area (Å²) in [7, 11) is 1.92. The summed E-state index contributed by atoms with van der Waals surface area (Å²) in [5.74, 6) is 0.147. The summed E-state index contributed by atoms with van der Waals surface area (Å²) in [5, 5.41) is 5.41. The fraction of sp³-hybridized carbons (Fsp3) is 0.353. The maximum absolute atomic E-state index is 12.8. The Balaban J connectivity index is 1.70. The Kier molecular flexibility index (Phi) is 3.97. The van der Waals surface area contributed by atoms with Crippen LogP contribution in [0.3, 0.4) is 0 Å². The van der Waals surface area contributed by atoms with E-state index in [4.69, 9.17) is 0 Å². The van der Waals surface area contributed by atoms with E-state index in [1.165, 1.54) is 4.88 Å². The van der Waals surface area contributed by atoms with Gasteiger partial charge in [0, 0.05) is 36.6 Å². The van der Waals surface area contributed by atoms with E-state index in [9.17, 15) is 4.79 Å². The lowest BCUT2D eigenvalue weighted by molar-refractivity contribution is -0.132. The molecule has 1 amide bonds. The summed E-state index contributed by atoms with van der Waals surface area (Å²) in [5.41, 5.74) is 2.22. The molecule has 0 radical (unpaired) electrons. The minimum absolute atomic E-state index is 0.0583. The SMILES string of the molecule is CC(Cc1cccs1)N(C)C(=O)C1CNc2ccccc21. The molecule has 21 heavy (non-hydrogen) atoms. The third-order valence-electron chi connectivity index (χ3n) is 4.22. The van der Waals surface area contributed by atoms with Crippen LogP contribution in [-0.2, 0) is 11.2 Å². The third-order valence-corrected chi connectivity index (χ3v) is 5.12. The molecule has 1 N–H and O–H groups in total. The molecule has 1 aromatic carbocycles. The number of hydrogen-bond acceptors (Lipinski definition) is 3. The van der Waals surface area contributed by atoms with Gasteiger partial charge in [-0.25, -0.2) is 0 Å². The van der Waals surface area contributed by atoms with Crippen molar-refractivity contribution in [1.29, 1.82) is 0 Å². The van der Waals surface area contributed by atoms with E-state index >= 15 is 0 Å². The molecule has 2 unspecified atom stereocenters. The number of nitrogens with zero attached hydrogens (tertiary/aromatic N) is 1. The van der Waals surface area contributed by atoms with Crippen LogP contribution >= 0.6 is 11.3 Å². The molecular formula is C17H20N2OS. The number of rotatable bonds is 4. The number of fused-ring (bicyclic) bond motifs is 1. The molecular weight excluding hydrogens is 280 g/mol. The van der Waals surface area contributed by atoms with Crippen LogP contribution in [0.1, 0.15) is 23.3 Å². The number of carbonyl (C=O) groups excluding carboxylic acids is 1. The lowest BCUT2D eigenvalue weighted by atomic mass is 9.99. The Bertz CT molecular complexity index is 623. The van der Waals surface area contributed by atoms with Crippen LogP contribution in [0.4, 0.5) is 5.69 Å². The molecule has 0 spiro atoms. The van der Waals surface area contributed by atoms with Gasteiger partial charge in [-0.1, -0.05) is 24.3 Å².